The minimum absolute atomic E-state index is 0.403. The molecule has 0 amide bonds. The maximum absolute atomic E-state index is 13.3. The molecule has 22 heavy (non-hydrogen) atoms. The van der Waals surface area contributed by atoms with E-state index < -0.39 is 11.6 Å². The van der Waals surface area contributed by atoms with Gasteiger partial charge in [-0.05, 0) is 41.8 Å². The van der Waals surface area contributed by atoms with Crippen LogP contribution in [-0.4, -0.2) is 21.7 Å². The molecular formula is C14H11ClF2N4S. The second-order valence-electron chi connectivity index (χ2n) is 4.58. The summed E-state index contributed by atoms with van der Waals surface area (Å²) in [6.07, 6.45) is 1.57. The van der Waals surface area contributed by atoms with E-state index in [2.05, 4.69) is 14.7 Å². The molecule has 1 saturated heterocycles. The SMILES string of the molecule is Fc1ccc(CN2CNSC2=Nc2ccc(Cl)nc2)cc1F. The van der Waals surface area contributed by atoms with Crippen LogP contribution >= 0.6 is 23.5 Å². The molecule has 1 aromatic heterocycles. The molecule has 1 N–H and O–H groups in total. The first-order chi connectivity index (χ1) is 10.6. The molecule has 0 saturated carbocycles. The van der Waals surface area contributed by atoms with Gasteiger partial charge < -0.3 is 4.90 Å². The number of amidine groups is 1. The highest BCUT2D eigenvalue weighted by Gasteiger charge is 2.20. The quantitative estimate of drug-likeness (QED) is 0.683. The average molecular weight is 341 g/mol. The van der Waals surface area contributed by atoms with Gasteiger partial charge in [-0.1, -0.05) is 17.7 Å². The van der Waals surface area contributed by atoms with Crippen molar-refractivity contribution in [1.29, 1.82) is 0 Å². The number of benzene rings is 1. The van der Waals surface area contributed by atoms with E-state index in [0.29, 0.717) is 29.6 Å². The Morgan fingerprint density at radius 2 is 2.14 bits per heavy atom. The van der Waals surface area contributed by atoms with Crippen molar-refractivity contribution in [2.75, 3.05) is 6.67 Å². The van der Waals surface area contributed by atoms with Crippen LogP contribution in [0.2, 0.25) is 5.15 Å². The van der Waals surface area contributed by atoms with E-state index in [1.54, 1.807) is 24.4 Å². The maximum Gasteiger partial charge on any atom is 0.181 e. The summed E-state index contributed by atoms with van der Waals surface area (Å²) < 4.78 is 29.3. The van der Waals surface area contributed by atoms with Gasteiger partial charge in [0.05, 0.1) is 18.6 Å². The van der Waals surface area contributed by atoms with Gasteiger partial charge in [0.2, 0.25) is 0 Å². The van der Waals surface area contributed by atoms with E-state index in [-0.39, 0.29) is 0 Å². The number of pyridine rings is 1. The predicted octanol–water partition coefficient (Wildman–Crippen LogP) is 3.71. The zero-order chi connectivity index (χ0) is 15.5. The number of nitrogens with zero attached hydrogens (tertiary/aromatic N) is 3. The van der Waals surface area contributed by atoms with Crippen LogP contribution in [0, 0.1) is 11.6 Å². The lowest BCUT2D eigenvalue weighted by atomic mass is 10.2. The van der Waals surface area contributed by atoms with Crippen LogP contribution in [0.15, 0.2) is 41.5 Å². The van der Waals surface area contributed by atoms with Crippen molar-refractivity contribution < 1.29 is 8.78 Å². The van der Waals surface area contributed by atoms with Crippen LogP contribution in [0.4, 0.5) is 14.5 Å². The van der Waals surface area contributed by atoms with Gasteiger partial charge in [-0.3, -0.25) is 0 Å². The highest BCUT2D eigenvalue weighted by Crippen LogP contribution is 2.22. The zero-order valence-corrected chi connectivity index (χ0v) is 12.8. The minimum Gasteiger partial charge on any atom is -0.332 e. The summed E-state index contributed by atoms with van der Waals surface area (Å²) in [5, 5.41) is 1.13. The first-order valence-electron chi connectivity index (χ1n) is 6.40. The Bertz CT molecular complexity index is 708. The number of rotatable bonds is 3. The van der Waals surface area contributed by atoms with Crippen molar-refractivity contribution in [3.63, 3.8) is 0 Å². The van der Waals surface area contributed by atoms with E-state index in [1.165, 1.54) is 18.0 Å². The lowest BCUT2D eigenvalue weighted by molar-refractivity contribution is 0.429. The molecule has 3 rings (SSSR count). The molecule has 0 spiro atoms. The Morgan fingerprint density at radius 3 is 2.86 bits per heavy atom. The second kappa shape index (κ2) is 6.60. The van der Waals surface area contributed by atoms with Crippen LogP contribution in [-0.2, 0) is 6.54 Å². The van der Waals surface area contributed by atoms with Gasteiger partial charge in [0, 0.05) is 6.54 Å². The average Bonchev–Trinajstić information content (AvgIpc) is 2.92. The molecule has 0 aliphatic carbocycles. The molecule has 1 aliphatic heterocycles. The van der Waals surface area contributed by atoms with Gasteiger partial charge in [-0.2, -0.15) is 0 Å². The molecule has 1 aromatic carbocycles. The van der Waals surface area contributed by atoms with Gasteiger partial charge in [0.15, 0.2) is 16.8 Å². The van der Waals surface area contributed by atoms with Gasteiger partial charge >= 0.3 is 0 Å². The third-order valence-electron chi connectivity index (χ3n) is 2.98. The molecule has 114 valence electrons. The van der Waals surface area contributed by atoms with E-state index in [0.717, 1.165) is 11.2 Å². The minimum atomic E-state index is -0.849. The van der Waals surface area contributed by atoms with Gasteiger partial charge in [-0.25, -0.2) is 23.5 Å². The molecular weight excluding hydrogens is 330 g/mol. The van der Waals surface area contributed by atoms with Crippen LogP contribution in [0.1, 0.15) is 5.56 Å². The zero-order valence-electron chi connectivity index (χ0n) is 11.3. The molecule has 2 heterocycles. The Morgan fingerprint density at radius 1 is 1.27 bits per heavy atom. The van der Waals surface area contributed by atoms with Crippen LogP contribution in [0.5, 0.6) is 0 Å². The Labute approximate surface area is 135 Å². The third kappa shape index (κ3) is 3.55. The molecule has 4 nitrogen and oxygen atoms in total. The normalized spacial score (nSPS) is 16.5. The summed E-state index contributed by atoms with van der Waals surface area (Å²) >= 11 is 7.11. The fraction of sp³-hybridized carbons (Fsp3) is 0.143. The summed E-state index contributed by atoms with van der Waals surface area (Å²) in [5.41, 5.74) is 1.34. The predicted molar refractivity (Wildman–Crippen MR) is 83.8 cm³/mol. The van der Waals surface area contributed by atoms with Crippen LogP contribution in [0.3, 0.4) is 0 Å². The van der Waals surface area contributed by atoms with Crippen molar-refractivity contribution in [1.82, 2.24) is 14.6 Å². The summed E-state index contributed by atoms with van der Waals surface area (Å²) in [4.78, 5) is 10.4. The molecule has 1 aliphatic rings. The molecule has 0 radical (unpaired) electrons. The molecule has 8 heteroatoms. The Hall–Kier alpha value is -1.70. The van der Waals surface area contributed by atoms with Crippen molar-refractivity contribution in [3.8, 4) is 0 Å². The molecule has 2 aromatic rings. The van der Waals surface area contributed by atoms with Gasteiger partial charge in [0.1, 0.15) is 5.15 Å². The van der Waals surface area contributed by atoms with E-state index >= 15 is 0 Å². The van der Waals surface area contributed by atoms with Crippen molar-refractivity contribution >= 4 is 34.4 Å². The van der Waals surface area contributed by atoms with Gasteiger partial charge in [-0.15, -0.1) is 0 Å². The van der Waals surface area contributed by atoms with Gasteiger partial charge in [0.25, 0.3) is 0 Å². The lowest BCUT2D eigenvalue weighted by Crippen LogP contribution is -2.25. The Balaban J connectivity index is 1.77. The number of halogens is 3. The van der Waals surface area contributed by atoms with E-state index in [9.17, 15) is 8.78 Å². The Kier molecular flexibility index (Phi) is 4.56. The second-order valence-corrected chi connectivity index (χ2v) is 5.83. The summed E-state index contributed by atoms with van der Waals surface area (Å²) in [6.45, 7) is 0.987. The summed E-state index contributed by atoms with van der Waals surface area (Å²) in [6, 6.07) is 7.30. The molecule has 0 bridgehead atoms. The molecule has 0 unspecified atom stereocenters. The van der Waals surface area contributed by atoms with Crippen LogP contribution in [0.25, 0.3) is 0 Å². The van der Waals surface area contributed by atoms with Crippen molar-refractivity contribution in [2.45, 2.75) is 6.54 Å². The first-order valence-corrected chi connectivity index (χ1v) is 7.60. The third-order valence-corrected chi connectivity index (χ3v) is 4.01. The smallest absolute Gasteiger partial charge is 0.181 e. The number of aromatic nitrogens is 1. The topological polar surface area (TPSA) is 40.5 Å². The monoisotopic (exact) mass is 340 g/mol. The van der Waals surface area contributed by atoms with Crippen molar-refractivity contribution in [3.05, 3.63) is 58.9 Å². The summed E-state index contributed by atoms with van der Waals surface area (Å²) in [7, 11) is 0. The molecule has 1 fully saturated rings. The number of hydrogen-bond acceptors (Lipinski definition) is 4. The maximum atomic E-state index is 13.3. The largest absolute Gasteiger partial charge is 0.332 e. The first kappa shape index (κ1) is 15.2. The fourth-order valence-electron chi connectivity index (χ4n) is 1.93. The van der Waals surface area contributed by atoms with E-state index in [1.807, 2.05) is 4.90 Å². The standard InChI is InChI=1S/C14H11ClF2N4S/c15-13-4-2-10(6-18-13)20-14-21(8-19-22-14)7-9-1-3-11(16)12(17)5-9/h1-6,19H,7-8H2. The van der Waals surface area contributed by atoms with Crippen LogP contribution < -0.4 is 4.72 Å². The molecule has 0 atom stereocenters. The highest BCUT2D eigenvalue weighted by molar-refractivity contribution is 8.12. The highest BCUT2D eigenvalue weighted by atomic mass is 35.5. The summed E-state index contributed by atoms with van der Waals surface area (Å²) in [5.74, 6) is -1.70. The number of nitrogens with one attached hydrogen (secondary N) is 1. The fourth-order valence-corrected chi connectivity index (χ4v) is 2.80. The van der Waals surface area contributed by atoms with E-state index in [4.69, 9.17) is 11.6 Å². The number of aliphatic imine (C=N–C) groups is 1. The lowest BCUT2D eigenvalue weighted by Gasteiger charge is -2.16. The number of hydrogen-bond donors (Lipinski definition) is 1. The van der Waals surface area contributed by atoms with Crippen molar-refractivity contribution in [2.24, 2.45) is 4.99 Å².